The van der Waals surface area contributed by atoms with Gasteiger partial charge >= 0.3 is 0 Å². The second kappa shape index (κ2) is 6.60. The molecule has 1 aromatic rings. The van der Waals surface area contributed by atoms with E-state index in [0.29, 0.717) is 6.10 Å². The summed E-state index contributed by atoms with van der Waals surface area (Å²) >= 11 is 6.39. The molecule has 0 aromatic heterocycles. The highest BCUT2D eigenvalue weighted by molar-refractivity contribution is 6.33. The summed E-state index contributed by atoms with van der Waals surface area (Å²) in [5, 5.41) is 0.773. The van der Waals surface area contributed by atoms with Crippen LogP contribution in [0.15, 0.2) is 18.2 Å². The summed E-state index contributed by atoms with van der Waals surface area (Å²) in [5.74, 6) is 0. The largest absolute Gasteiger partial charge is 0.376 e. The van der Waals surface area contributed by atoms with E-state index in [9.17, 15) is 0 Å². The lowest BCUT2D eigenvalue weighted by molar-refractivity contribution is 0.115. The fraction of sp³-hybridized carbons (Fsp3) is 0.600. The number of nitrogens with two attached hydrogens (primary N) is 1. The van der Waals surface area contributed by atoms with Crippen molar-refractivity contribution in [2.45, 2.75) is 38.8 Å². The molecule has 2 rings (SSSR count). The van der Waals surface area contributed by atoms with Gasteiger partial charge in [-0.1, -0.05) is 17.7 Å². The number of nitrogens with zero attached hydrogens (tertiary/aromatic N) is 1. The Bertz CT molecular complexity index is 417. The molecule has 1 fully saturated rings. The van der Waals surface area contributed by atoms with E-state index >= 15 is 0 Å². The van der Waals surface area contributed by atoms with Gasteiger partial charge in [0.15, 0.2) is 0 Å². The van der Waals surface area contributed by atoms with Crippen molar-refractivity contribution in [2.75, 3.05) is 24.6 Å². The molecule has 2 N–H and O–H groups in total. The molecule has 1 aliphatic rings. The molecule has 4 heteroatoms. The molecule has 0 aliphatic carbocycles. The highest BCUT2D eigenvalue weighted by Crippen LogP contribution is 2.29. The van der Waals surface area contributed by atoms with Crippen molar-refractivity contribution < 1.29 is 4.74 Å². The molecule has 0 spiro atoms. The van der Waals surface area contributed by atoms with Gasteiger partial charge in [0.2, 0.25) is 0 Å². The third-order valence-corrected chi connectivity index (χ3v) is 3.97. The van der Waals surface area contributed by atoms with Crippen molar-refractivity contribution in [1.29, 1.82) is 0 Å². The number of rotatable bonds is 5. The van der Waals surface area contributed by atoms with Gasteiger partial charge in [-0.05, 0) is 44.4 Å². The highest BCUT2D eigenvalue weighted by atomic mass is 35.5. The summed E-state index contributed by atoms with van der Waals surface area (Å²) in [6.07, 6.45) is 2.65. The van der Waals surface area contributed by atoms with E-state index < -0.39 is 0 Å². The molecule has 0 saturated carbocycles. The molecule has 3 nitrogen and oxygen atoms in total. The Labute approximate surface area is 120 Å². The van der Waals surface area contributed by atoms with Gasteiger partial charge < -0.3 is 15.4 Å². The highest BCUT2D eigenvalue weighted by Gasteiger charge is 2.20. The van der Waals surface area contributed by atoms with Crippen LogP contribution >= 0.6 is 11.6 Å². The maximum Gasteiger partial charge on any atom is 0.0750 e. The lowest BCUT2D eigenvalue weighted by Crippen LogP contribution is -2.32. The van der Waals surface area contributed by atoms with Crippen LogP contribution in [0.5, 0.6) is 0 Å². The normalized spacial score (nSPS) is 20.5. The molecule has 1 aliphatic heterocycles. The number of anilines is 1. The van der Waals surface area contributed by atoms with Crippen LogP contribution in [0.1, 0.15) is 38.3 Å². The summed E-state index contributed by atoms with van der Waals surface area (Å²) in [7, 11) is 0. The summed E-state index contributed by atoms with van der Waals surface area (Å²) < 4.78 is 5.70. The van der Waals surface area contributed by atoms with Crippen molar-refractivity contribution in [3.05, 3.63) is 28.8 Å². The first-order chi connectivity index (χ1) is 9.11. The van der Waals surface area contributed by atoms with Crippen LogP contribution in [0.3, 0.4) is 0 Å². The maximum absolute atomic E-state index is 6.39. The van der Waals surface area contributed by atoms with Crippen LogP contribution in [0, 0.1) is 0 Å². The van der Waals surface area contributed by atoms with Gasteiger partial charge in [-0.2, -0.15) is 0 Å². The average molecular weight is 283 g/mol. The first-order valence-electron chi connectivity index (χ1n) is 7.03. The van der Waals surface area contributed by atoms with Crippen LogP contribution in [0.4, 0.5) is 5.69 Å². The zero-order chi connectivity index (χ0) is 13.8. The quantitative estimate of drug-likeness (QED) is 0.900. The van der Waals surface area contributed by atoms with Crippen LogP contribution in [0.2, 0.25) is 5.02 Å². The Balaban J connectivity index is 2.13. The number of ether oxygens (including phenoxy) is 1. The molecule has 0 amide bonds. The first kappa shape index (κ1) is 14.6. The SMILES string of the molecule is CCN(CC1CCCO1)c1ccc([C@@H](C)N)cc1Cl. The van der Waals surface area contributed by atoms with Gasteiger partial charge in [-0.3, -0.25) is 0 Å². The van der Waals surface area contributed by atoms with E-state index in [1.165, 1.54) is 6.42 Å². The number of likely N-dealkylation sites (N-methyl/N-ethyl adjacent to an activating group) is 1. The van der Waals surface area contributed by atoms with Gasteiger partial charge in [0, 0.05) is 25.7 Å². The summed E-state index contributed by atoms with van der Waals surface area (Å²) in [4.78, 5) is 2.28. The van der Waals surface area contributed by atoms with Gasteiger partial charge in [0.25, 0.3) is 0 Å². The van der Waals surface area contributed by atoms with Crippen LogP contribution in [-0.2, 0) is 4.74 Å². The Morgan fingerprint density at radius 3 is 2.84 bits per heavy atom. The van der Waals surface area contributed by atoms with E-state index in [1.54, 1.807) is 0 Å². The fourth-order valence-corrected chi connectivity index (χ4v) is 2.80. The summed E-state index contributed by atoms with van der Waals surface area (Å²) in [5.41, 5.74) is 8.03. The van der Waals surface area contributed by atoms with Gasteiger partial charge in [-0.15, -0.1) is 0 Å². The number of halogens is 1. The zero-order valence-corrected chi connectivity index (χ0v) is 12.5. The summed E-state index contributed by atoms with van der Waals surface area (Å²) in [6.45, 7) is 6.84. The minimum absolute atomic E-state index is 0.0137. The molecular weight excluding hydrogens is 260 g/mol. The average Bonchev–Trinajstić information content (AvgIpc) is 2.89. The minimum Gasteiger partial charge on any atom is -0.376 e. The molecule has 0 radical (unpaired) electrons. The Hall–Kier alpha value is -0.770. The number of benzene rings is 1. The monoisotopic (exact) mass is 282 g/mol. The zero-order valence-electron chi connectivity index (χ0n) is 11.7. The smallest absolute Gasteiger partial charge is 0.0750 e. The lowest BCUT2D eigenvalue weighted by Gasteiger charge is -2.27. The molecule has 1 heterocycles. The Morgan fingerprint density at radius 2 is 2.32 bits per heavy atom. The fourth-order valence-electron chi connectivity index (χ4n) is 2.49. The predicted molar refractivity (Wildman–Crippen MR) is 80.9 cm³/mol. The minimum atomic E-state index is 0.0137. The van der Waals surface area contributed by atoms with Crippen LogP contribution in [0.25, 0.3) is 0 Å². The molecule has 1 aromatic carbocycles. The second-order valence-corrected chi connectivity index (χ2v) is 5.58. The lowest BCUT2D eigenvalue weighted by atomic mass is 10.1. The van der Waals surface area contributed by atoms with E-state index in [0.717, 1.165) is 42.4 Å². The summed E-state index contributed by atoms with van der Waals surface area (Å²) in [6, 6.07) is 6.11. The Morgan fingerprint density at radius 1 is 1.53 bits per heavy atom. The standard InChI is InChI=1S/C15H23ClN2O/c1-3-18(10-13-5-4-8-19-13)15-7-6-12(11(2)17)9-14(15)16/h6-7,9,11,13H,3-5,8,10,17H2,1-2H3/t11-,13?/m1/s1. The van der Waals surface area contributed by atoms with Crippen LogP contribution < -0.4 is 10.6 Å². The predicted octanol–water partition coefficient (Wildman–Crippen LogP) is 3.37. The van der Waals surface area contributed by atoms with Crippen molar-refractivity contribution >= 4 is 17.3 Å². The molecule has 19 heavy (non-hydrogen) atoms. The van der Waals surface area contributed by atoms with Crippen LogP contribution in [-0.4, -0.2) is 25.8 Å². The topological polar surface area (TPSA) is 38.5 Å². The van der Waals surface area contributed by atoms with Gasteiger partial charge in [0.05, 0.1) is 16.8 Å². The van der Waals surface area contributed by atoms with Crippen molar-refractivity contribution in [2.24, 2.45) is 5.73 Å². The van der Waals surface area contributed by atoms with Crippen molar-refractivity contribution in [3.63, 3.8) is 0 Å². The molecule has 1 unspecified atom stereocenters. The number of hydrogen-bond acceptors (Lipinski definition) is 3. The second-order valence-electron chi connectivity index (χ2n) is 5.17. The van der Waals surface area contributed by atoms with Gasteiger partial charge in [0.1, 0.15) is 0 Å². The van der Waals surface area contributed by atoms with Crippen molar-refractivity contribution in [3.8, 4) is 0 Å². The molecule has 0 bridgehead atoms. The van der Waals surface area contributed by atoms with Gasteiger partial charge in [-0.25, -0.2) is 0 Å². The van der Waals surface area contributed by atoms with E-state index in [-0.39, 0.29) is 6.04 Å². The molecule has 2 atom stereocenters. The molecule has 1 saturated heterocycles. The van der Waals surface area contributed by atoms with E-state index in [1.807, 2.05) is 13.0 Å². The third-order valence-electron chi connectivity index (χ3n) is 3.67. The Kier molecular flexibility index (Phi) is 5.08. The number of hydrogen-bond donors (Lipinski definition) is 1. The van der Waals surface area contributed by atoms with E-state index in [2.05, 4.69) is 24.0 Å². The molecule has 106 valence electrons. The van der Waals surface area contributed by atoms with Crippen molar-refractivity contribution in [1.82, 2.24) is 0 Å². The maximum atomic E-state index is 6.39. The first-order valence-corrected chi connectivity index (χ1v) is 7.41. The molecular formula is C15H23ClN2O. The van der Waals surface area contributed by atoms with E-state index in [4.69, 9.17) is 22.1 Å². The third kappa shape index (κ3) is 3.62.